The van der Waals surface area contributed by atoms with Crippen LogP contribution in [0.1, 0.15) is 18.4 Å². The number of nitrogens with zero attached hydrogens (tertiary/aromatic N) is 2. The summed E-state index contributed by atoms with van der Waals surface area (Å²) in [7, 11) is 1.65. The van der Waals surface area contributed by atoms with Crippen molar-refractivity contribution in [2.75, 3.05) is 20.1 Å². The fraction of sp³-hybridized carbons (Fsp3) is 0.500. The van der Waals surface area contributed by atoms with Crippen LogP contribution in [0.25, 0.3) is 0 Å². The van der Waals surface area contributed by atoms with Crippen LogP contribution in [0, 0.1) is 11.3 Å². The van der Waals surface area contributed by atoms with E-state index in [1.54, 1.807) is 11.9 Å². The van der Waals surface area contributed by atoms with Crippen molar-refractivity contribution >= 4 is 0 Å². The van der Waals surface area contributed by atoms with E-state index in [0.29, 0.717) is 18.5 Å². The van der Waals surface area contributed by atoms with Crippen molar-refractivity contribution in [1.82, 2.24) is 4.90 Å². The number of ether oxygens (including phenoxy) is 1. The van der Waals surface area contributed by atoms with Crippen molar-refractivity contribution in [3.63, 3.8) is 0 Å². The quantitative estimate of drug-likeness (QED) is 0.837. The van der Waals surface area contributed by atoms with Crippen molar-refractivity contribution in [1.29, 1.82) is 5.26 Å². The van der Waals surface area contributed by atoms with E-state index in [0.717, 1.165) is 0 Å². The van der Waals surface area contributed by atoms with E-state index >= 15 is 0 Å². The fourth-order valence-corrected chi connectivity index (χ4v) is 2.42. The normalized spacial score (nSPS) is 24.1. The summed E-state index contributed by atoms with van der Waals surface area (Å²) < 4.78 is 45.5. The number of rotatable bonds is 2. The molecule has 3 nitrogen and oxygen atoms in total. The van der Waals surface area contributed by atoms with Crippen LogP contribution in [0.5, 0.6) is 5.75 Å². The molecule has 108 valence electrons. The Morgan fingerprint density at radius 1 is 1.30 bits per heavy atom. The van der Waals surface area contributed by atoms with Gasteiger partial charge in [-0.1, -0.05) is 0 Å². The Hall–Kier alpha value is -1.74. The number of benzene rings is 1. The Bertz CT molecular complexity index is 507. The standard InChI is InChI=1S/C14H15F3N2O/c1-19-8-2-7-13(10-19,14(15,16)17)20-12-5-3-11(9-18)4-6-12/h3-6H,2,7-8,10H2,1H3. The molecule has 1 aromatic rings. The van der Waals surface area contributed by atoms with Gasteiger partial charge in [0.25, 0.3) is 0 Å². The first-order valence-electron chi connectivity index (χ1n) is 6.31. The van der Waals surface area contributed by atoms with Crippen LogP contribution in [-0.4, -0.2) is 36.8 Å². The zero-order valence-electron chi connectivity index (χ0n) is 11.1. The van der Waals surface area contributed by atoms with E-state index in [2.05, 4.69) is 0 Å². The molecule has 1 heterocycles. The molecule has 0 radical (unpaired) electrons. The summed E-state index contributed by atoms with van der Waals surface area (Å²) in [5.74, 6) is 0.136. The molecule has 1 saturated heterocycles. The number of piperidine rings is 1. The number of nitriles is 1. The van der Waals surface area contributed by atoms with Crippen LogP contribution in [0.15, 0.2) is 24.3 Å². The Morgan fingerprint density at radius 2 is 1.95 bits per heavy atom. The molecule has 1 atom stereocenters. The second-order valence-corrected chi connectivity index (χ2v) is 5.07. The summed E-state index contributed by atoms with van der Waals surface area (Å²) >= 11 is 0. The first kappa shape index (κ1) is 14.7. The van der Waals surface area contributed by atoms with Gasteiger partial charge in [0.1, 0.15) is 5.75 Å². The third kappa shape index (κ3) is 2.88. The molecule has 2 rings (SSSR count). The summed E-state index contributed by atoms with van der Waals surface area (Å²) in [4.78, 5) is 1.63. The minimum Gasteiger partial charge on any atom is -0.476 e. The molecule has 0 N–H and O–H groups in total. The molecule has 0 bridgehead atoms. The van der Waals surface area contributed by atoms with E-state index in [1.807, 2.05) is 6.07 Å². The summed E-state index contributed by atoms with van der Waals surface area (Å²) in [5, 5.41) is 8.69. The highest BCUT2D eigenvalue weighted by Gasteiger charge is 2.58. The van der Waals surface area contributed by atoms with Gasteiger partial charge in [-0.15, -0.1) is 0 Å². The number of likely N-dealkylation sites (N-methyl/N-ethyl adjacent to an activating group) is 1. The van der Waals surface area contributed by atoms with Crippen molar-refractivity contribution in [3.05, 3.63) is 29.8 Å². The maximum absolute atomic E-state index is 13.4. The average molecular weight is 284 g/mol. The minimum atomic E-state index is -4.43. The maximum atomic E-state index is 13.4. The molecule has 1 aliphatic rings. The lowest BCUT2D eigenvalue weighted by Gasteiger charge is -2.42. The van der Waals surface area contributed by atoms with E-state index in [9.17, 15) is 13.2 Å². The molecule has 6 heteroatoms. The molecule has 1 aliphatic heterocycles. The van der Waals surface area contributed by atoms with E-state index in [-0.39, 0.29) is 18.7 Å². The van der Waals surface area contributed by atoms with Gasteiger partial charge in [0.05, 0.1) is 11.6 Å². The first-order chi connectivity index (χ1) is 9.36. The van der Waals surface area contributed by atoms with Crippen LogP contribution in [0.2, 0.25) is 0 Å². The van der Waals surface area contributed by atoms with Crippen LogP contribution >= 0.6 is 0 Å². The Morgan fingerprint density at radius 3 is 2.45 bits per heavy atom. The molecule has 0 spiro atoms. The van der Waals surface area contributed by atoms with Gasteiger partial charge in [-0.25, -0.2) is 0 Å². The topological polar surface area (TPSA) is 36.3 Å². The molecule has 1 unspecified atom stereocenters. The largest absolute Gasteiger partial charge is 0.476 e. The summed E-state index contributed by atoms with van der Waals surface area (Å²) in [5.41, 5.74) is -1.78. The number of likely N-dealkylation sites (tertiary alicyclic amines) is 1. The molecule has 0 aliphatic carbocycles. The molecule has 0 saturated carbocycles. The van der Waals surface area contributed by atoms with Gasteiger partial charge in [-0.3, -0.25) is 0 Å². The second kappa shape index (κ2) is 5.33. The number of alkyl halides is 3. The second-order valence-electron chi connectivity index (χ2n) is 5.07. The number of hydrogen-bond donors (Lipinski definition) is 0. The van der Waals surface area contributed by atoms with Crippen molar-refractivity contribution in [2.24, 2.45) is 0 Å². The Labute approximate surface area is 115 Å². The highest BCUT2D eigenvalue weighted by Crippen LogP contribution is 2.40. The lowest BCUT2D eigenvalue weighted by Crippen LogP contribution is -2.59. The van der Waals surface area contributed by atoms with E-state index < -0.39 is 11.8 Å². The monoisotopic (exact) mass is 284 g/mol. The lowest BCUT2D eigenvalue weighted by atomic mass is 9.92. The first-order valence-corrected chi connectivity index (χ1v) is 6.31. The molecular formula is C14H15F3N2O. The van der Waals surface area contributed by atoms with Crippen LogP contribution in [0.4, 0.5) is 13.2 Å². The van der Waals surface area contributed by atoms with Crippen molar-refractivity contribution < 1.29 is 17.9 Å². The van der Waals surface area contributed by atoms with Gasteiger partial charge >= 0.3 is 6.18 Å². The van der Waals surface area contributed by atoms with E-state index in [1.165, 1.54) is 24.3 Å². The van der Waals surface area contributed by atoms with Gasteiger partial charge in [0.2, 0.25) is 5.60 Å². The highest BCUT2D eigenvalue weighted by molar-refractivity contribution is 5.35. The minimum absolute atomic E-state index is 0.0547. The summed E-state index contributed by atoms with van der Waals surface area (Å²) in [6.45, 7) is 0.449. The van der Waals surface area contributed by atoms with Gasteiger partial charge in [-0.05, 0) is 50.7 Å². The zero-order valence-corrected chi connectivity index (χ0v) is 11.1. The SMILES string of the molecule is CN1CCCC(Oc2ccc(C#N)cc2)(C(F)(F)F)C1. The van der Waals surface area contributed by atoms with Crippen LogP contribution < -0.4 is 4.74 Å². The predicted octanol–water partition coefficient (Wildman–Crippen LogP) is 2.96. The Balaban J connectivity index is 2.26. The smallest absolute Gasteiger partial charge is 0.429 e. The summed E-state index contributed by atoms with van der Waals surface area (Å²) in [6.07, 6.45) is -4.05. The van der Waals surface area contributed by atoms with Gasteiger partial charge in [0, 0.05) is 6.54 Å². The van der Waals surface area contributed by atoms with Crippen LogP contribution in [-0.2, 0) is 0 Å². The number of hydrogen-bond acceptors (Lipinski definition) is 3. The Kier molecular flexibility index (Phi) is 3.91. The molecule has 1 fully saturated rings. The van der Waals surface area contributed by atoms with Gasteiger partial charge in [0.15, 0.2) is 0 Å². The molecule has 0 aromatic heterocycles. The molecule has 0 amide bonds. The third-order valence-corrected chi connectivity index (χ3v) is 3.46. The molecule has 1 aromatic carbocycles. The van der Waals surface area contributed by atoms with Crippen molar-refractivity contribution in [3.8, 4) is 11.8 Å². The summed E-state index contributed by atoms with van der Waals surface area (Å²) in [6, 6.07) is 7.63. The molecular weight excluding hydrogens is 269 g/mol. The third-order valence-electron chi connectivity index (χ3n) is 3.46. The average Bonchev–Trinajstić information content (AvgIpc) is 2.38. The maximum Gasteiger partial charge on any atom is 0.429 e. The zero-order chi connectivity index (χ0) is 14.8. The lowest BCUT2D eigenvalue weighted by molar-refractivity contribution is -0.261. The van der Waals surface area contributed by atoms with Gasteiger partial charge < -0.3 is 9.64 Å². The number of halogens is 3. The van der Waals surface area contributed by atoms with E-state index in [4.69, 9.17) is 10.00 Å². The fourth-order valence-electron chi connectivity index (χ4n) is 2.42. The highest BCUT2D eigenvalue weighted by atomic mass is 19.4. The van der Waals surface area contributed by atoms with Crippen molar-refractivity contribution in [2.45, 2.75) is 24.6 Å². The predicted molar refractivity (Wildman–Crippen MR) is 67.3 cm³/mol. The van der Waals surface area contributed by atoms with Gasteiger partial charge in [-0.2, -0.15) is 18.4 Å². The van der Waals surface area contributed by atoms with Crippen LogP contribution in [0.3, 0.4) is 0 Å². The molecule has 20 heavy (non-hydrogen) atoms.